The van der Waals surface area contributed by atoms with Gasteiger partial charge in [0.2, 0.25) is 0 Å². The molecule has 0 unspecified atom stereocenters. The molecule has 2 N–H and O–H groups in total. The van der Waals surface area contributed by atoms with E-state index in [1.165, 1.54) is 0 Å². The minimum Gasteiger partial charge on any atom is -0.393 e. The van der Waals surface area contributed by atoms with Crippen LogP contribution in [0.2, 0.25) is 10.0 Å². The summed E-state index contributed by atoms with van der Waals surface area (Å²) in [5.74, 6) is 0. The van der Waals surface area contributed by atoms with Crippen LogP contribution in [0.4, 0.5) is 0 Å². The summed E-state index contributed by atoms with van der Waals surface area (Å²) < 4.78 is 0. The lowest BCUT2D eigenvalue weighted by atomic mass is 10.1. The van der Waals surface area contributed by atoms with Crippen molar-refractivity contribution in [1.29, 1.82) is 0 Å². The molecule has 0 spiro atoms. The molecule has 0 saturated carbocycles. The van der Waals surface area contributed by atoms with E-state index in [1.54, 1.807) is 18.2 Å². The first-order chi connectivity index (χ1) is 5.58. The molecule has 0 aromatic heterocycles. The second-order valence-corrected chi connectivity index (χ2v) is 3.82. The summed E-state index contributed by atoms with van der Waals surface area (Å²) in [6.07, 6.45) is 0.537. The Morgan fingerprint density at radius 3 is 2.17 bits per heavy atom. The second kappa shape index (κ2) is 4.08. The van der Waals surface area contributed by atoms with Crippen LogP contribution in [0.3, 0.4) is 0 Å². The summed E-state index contributed by atoms with van der Waals surface area (Å²) in [5.41, 5.74) is 6.31. The molecule has 0 fully saturated rings. The topological polar surface area (TPSA) is 26.0 Å². The van der Waals surface area contributed by atoms with E-state index in [9.17, 15) is 0 Å². The third-order valence-corrected chi connectivity index (χ3v) is 1.88. The van der Waals surface area contributed by atoms with Crippen molar-refractivity contribution in [3.63, 3.8) is 0 Å². The summed E-state index contributed by atoms with van der Waals surface area (Å²) in [4.78, 5) is 0.438. The predicted octanol–water partition coefficient (Wildman–Crippen LogP) is 2.82. The second-order valence-electron chi connectivity index (χ2n) is 2.42. The standard InChI is InChI=1S/C8H7Cl2NS/c9-6-1-5(3-8(11)12)2-7(10)4-6/h1-2,4H,3H2,(H2,11,12). The smallest absolute Gasteiger partial charge is 0.0771 e. The van der Waals surface area contributed by atoms with Crippen LogP contribution in [-0.2, 0) is 6.42 Å². The fraction of sp³-hybridized carbons (Fsp3) is 0.125. The van der Waals surface area contributed by atoms with Gasteiger partial charge in [0.05, 0.1) is 4.99 Å². The highest BCUT2D eigenvalue weighted by Gasteiger charge is 1.98. The molecule has 64 valence electrons. The highest BCUT2D eigenvalue weighted by atomic mass is 35.5. The van der Waals surface area contributed by atoms with Gasteiger partial charge >= 0.3 is 0 Å². The van der Waals surface area contributed by atoms with E-state index in [4.69, 9.17) is 41.2 Å². The Labute approximate surface area is 86.5 Å². The molecule has 12 heavy (non-hydrogen) atoms. The average Bonchev–Trinajstić information content (AvgIpc) is 1.81. The van der Waals surface area contributed by atoms with Gasteiger partial charge in [-0.05, 0) is 23.8 Å². The number of nitrogens with two attached hydrogens (primary N) is 1. The van der Waals surface area contributed by atoms with Gasteiger partial charge in [0.15, 0.2) is 0 Å². The van der Waals surface area contributed by atoms with E-state index >= 15 is 0 Å². The maximum Gasteiger partial charge on any atom is 0.0771 e. The molecule has 1 aromatic carbocycles. The van der Waals surface area contributed by atoms with Crippen LogP contribution in [0.5, 0.6) is 0 Å². The first kappa shape index (κ1) is 9.78. The first-order valence-electron chi connectivity index (χ1n) is 3.31. The van der Waals surface area contributed by atoms with Crippen LogP contribution >= 0.6 is 35.4 Å². The monoisotopic (exact) mass is 219 g/mol. The summed E-state index contributed by atoms with van der Waals surface area (Å²) in [5, 5.41) is 1.21. The van der Waals surface area contributed by atoms with Gasteiger partial charge in [0.1, 0.15) is 0 Å². The molecule has 0 saturated heterocycles. The van der Waals surface area contributed by atoms with Crippen LogP contribution in [0, 0.1) is 0 Å². The van der Waals surface area contributed by atoms with Gasteiger partial charge in [-0.1, -0.05) is 35.4 Å². The molecule has 4 heteroatoms. The molecular weight excluding hydrogens is 213 g/mol. The highest BCUT2D eigenvalue weighted by Crippen LogP contribution is 2.19. The van der Waals surface area contributed by atoms with Crippen molar-refractivity contribution in [2.45, 2.75) is 6.42 Å². The van der Waals surface area contributed by atoms with Crippen molar-refractivity contribution in [2.75, 3.05) is 0 Å². The van der Waals surface area contributed by atoms with Crippen molar-refractivity contribution in [1.82, 2.24) is 0 Å². The van der Waals surface area contributed by atoms with E-state index in [0.717, 1.165) is 5.56 Å². The first-order valence-corrected chi connectivity index (χ1v) is 4.47. The fourth-order valence-electron chi connectivity index (χ4n) is 0.914. The number of benzene rings is 1. The quantitative estimate of drug-likeness (QED) is 0.775. The van der Waals surface area contributed by atoms with Crippen molar-refractivity contribution < 1.29 is 0 Å². The summed E-state index contributed by atoms with van der Waals surface area (Å²) >= 11 is 16.3. The zero-order chi connectivity index (χ0) is 9.14. The Balaban J connectivity index is 2.93. The van der Waals surface area contributed by atoms with E-state index in [2.05, 4.69) is 0 Å². The van der Waals surface area contributed by atoms with E-state index in [0.29, 0.717) is 21.5 Å². The molecule has 0 aliphatic carbocycles. The third-order valence-electron chi connectivity index (χ3n) is 1.30. The van der Waals surface area contributed by atoms with Crippen LogP contribution in [0.25, 0.3) is 0 Å². The molecular formula is C8H7Cl2NS. The fourth-order valence-corrected chi connectivity index (χ4v) is 1.65. The average molecular weight is 220 g/mol. The minimum atomic E-state index is 0.438. The highest BCUT2D eigenvalue weighted by molar-refractivity contribution is 7.80. The van der Waals surface area contributed by atoms with Crippen LogP contribution < -0.4 is 5.73 Å². The van der Waals surface area contributed by atoms with Gasteiger partial charge < -0.3 is 5.73 Å². The van der Waals surface area contributed by atoms with Crippen molar-refractivity contribution in [3.8, 4) is 0 Å². The van der Waals surface area contributed by atoms with Crippen LogP contribution in [0.15, 0.2) is 18.2 Å². The lowest BCUT2D eigenvalue weighted by Crippen LogP contribution is -2.10. The summed E-state index contributed by atoms with van der Waals surface area (Å²) in [6.45, 7) is 0. The normalized spacial score (nSPS) is 9.83. The largest absolute Gasteiger partial charge is 0.393 e. The Hall–Kier alpha value is -0.310. The molecule has 0 aliphatic heterocycles. The van der Waals surface area contributed by atoms with Gasteiger partial charge in [0, 0.05) is 16.5 Å². The van der Waals surface area contributed by atoms with Gasteiger partial charge in [-0.3, -0.25) is 0 Å². The SMILES string of the molecule is NC(=S)Cc1cc(Cl)cc(Cl)c1. The lowest BCUT2D eigenvalue weighted by Gasteiger charge is -2.00. The van der Waals surface area contributed by atoms with Crippen LogP contribution in [-0.4, -0.2) is 4.99 Å². The molecule has 0 atom stereocenters. The lowest BCUT2D eigenvalue weighted by molar-refractivity contribution is 1.33. The van der Waals surface area contributed by atoms with Gasteiger partial charge in [-0.25, -0.2) is 0 Å². The molecule has 0 amide bonds. The maximum absolute atomic E-state index is 5.77. The number of rotatable bonds is 2. The molecule has 0 heterocycles. The van der Waals surface area contributed by atoms with Gasteiger partial charge in [-0.2, -0.15) is 0 Å². The Morgan fingerprint density at radius 1 is 1.25 bits per heavy atom. The predicted molar refractivity (Wildman–Crippen MR) is 57.0 cm³/mol. The van der Waals surface area contributed by atoms with Crippen molar-refractivity contribution in [2.24, 2.45) is 5.73 Å². The number of thiocarbonyl (C=S) groups is 1. The van der Waals surface area contributed by atoms with Crippen LogP contribution in [0.1, 0.15) is 5.56 Å². The minimum absolute atomic E-state index is 0.438. The zero-order valence-corrected chi connectivity index (χ0v) is 8.51. The van der Waals surface area contributed by atoms with Gasteiger partial charge in [0.25, 0.3) is 0 Å². The Morgan fingerprint density at radius 2 is 1.75 bits per heavy atom. The van der Waals surface area contributed by atoms with E-state index < -0.39 is 0 Å². The Bertz CT molecular complexity index is 292. The summed E-state index contributed by atoms with van der Waals surface area (Å²) in [6, 6.07) is 5.27. The maximum atomic E-state index is 5.77. The molecule has 0 aliphatic rings. The molecule has 0 radical (unpaired) electrons. The van der Waals surface area contributed by atoms with Crippen molar-refractivity contribution in [3.05, 3.63) is 33.8 Å². The van der Waals surface area contributed by atoms with E-state index in [-0.39, 0.29) is 0 Å². The van der Waals surface area contributed by atoms with Gasteiger partial charge in [-0.15, -0.1) is 0 Å². The number of hydrogen-bond donors (Lipinski definition) is 1. The number of halogens is 2. The Kier molecular flexibility index (Phi) is 3.32. The third kappa shape index (κ3) is 2.97. The number of hydrogen-bond acceptors (Lipinski definition) is 1. The van der Waals surface area contributed by atoms with Crippen molar-refractivity contribution >= 4 is 40.4 Å². The summed E-state index contributed by atoms with van der Waals surface area (Å²) in [7, 11) is 0. The molecule has 1 rings (SSSR count). The zero-order valence-electron chi connectivity index (χ0n) is 6.18. The molecule has 1 nitrogen and oxygen atoms in total. The molecule has 1 aromatic rings. The van der Waals surface area contributed by atoms with E-state index in [1.807, 2.05) is 0 Å². The molecule has 0 bridgehead atoms.